The van der Waals surface area contributed by atoms with Crippen molar-refractivity contribution >= 4 is 11.6 Å². The van der Waals surface area contributed by atoms with Crippen LogP contribution in [-0.2, 0) is 4.74 Å². The molecule has 3 atom stereocenters. The molecular weight excluding hydrogens is 210 g/mol. The standard InChI is InChI=1S/C12H16ClNO/c1-8-7-15-12(9(2)14-8)10-4-3-5-11(13)6-10/h3-6,8-9,12,14H,7H2,1-2H3. The van der Waals surface area contributed by atoms with Gasteiger partial charge in [0.1, 0.15) is 0 Å². The van der Waals surface area contributed by atoms with Crippen molar-refractivity contribution in [3.63, 3.8) is 0 Å². The van der Waals surface area contributed by atoms with Gasteiger partial charge < -0.3 is 10.1 Å². The zero-order valence-electron chi connectivity index (χ0n) is 9.03. The fraction of sp³-hybridized carbons (Fsp3) is 0.500. The van der Waals surface area contributed by atoms with Gasteiger partial charge in [-0.05, 0) is 31.5 Å². The number of morpholine rings is 1. The Morgan fingerprint density at radius 2 is 2.20 bits per heavy atom. The molecule has 1 N–H and O–H groups in total. The van der Waals surface area contributed by atoms with E-state index in [1.807, 2.05) is 18.2 Å². The van der Waals surface area contributed by atoms with E-state index in [1.54, 1.807) is 0 Å². The maximum absolute atomic E-state index is 5.96. The van der Waals surface area contributed by atoms with Gasteiger partial charge in [-0.15, -0.1) is 0 Å². The molecule has 0 aromatic heterocycles. The topological polar surface area (TPSA) is 21.3 Å². The minimum absolute atomic E-state index is 0.111. The number of hydrogen-bond acceptors (Lipinski definition) is 2. The molecule has 0 spiro atoms. The Kier molecular flexibility index (Phi) is 3.29. The first-order valence-electron chi connectivity index (χ1n) is 5.30. The quantitative estimate of drug-likeness (QED) is 0.794. The summed E-state index contributed by atoms with van der Waals surface area (Å²) in [6, 6.07) is 8.63. The molecule has 1 aromatic carbocycles. The van der Waals surface area contributed by atoms with Crippen LogP contribution >= 0.6 is 11.6 Å². The lowest BCUT2D eigenvalue weighted by atomic mass is 10.0. The van der Waals surface area contributed by atoms with Gasteiger partial charge in [-0.1, -0.05) is 23.7 Å². The first-order valence-corrected chi connectivity index (χ1v) is 5.67. The van der Waals surface area contributed by atoms with E-state index in [2.05, 4.69) is 25.2 Å². The lowest BCUT2D eigenvalue weighted by molar-refractivity contribution is -0.0206. The molecule has 2 rings (SSSR count). The monoisotopic (exact) mass is 225 g/mol. The van der Waals surface area contributed by atoms with Gasteiger partial charge in [0, 0.05) is 17.1 Å². The zero-order chi connectivity index (χ0) is 10.8. The summed E-state index contributed by atoms with van der Waals surface area (Å²) in [5, 5.41) is 4.24. The Labute approximate surface area is 95.6 Å². The summed E-state index contributed by atoms with van der Waals surface area (Å²) in [6.07, 6.45) is 0.111. The number of rotatable bonds is 1. The van der Waals surface area contributed by atoms with E-state index >= 15 is 0 Å². The Hall–Kier alpha value is -0.570. The van der Waals surface area contributed by atoms with Crippen LogP contribution in [0.1, 0.15) is 25.5 Å². The average Bonchev–Trinajstić information content (AvgIpc) is 2.17. The Morgan fingerprint density at radius 1 is 1.40 bits per heavy atom. The second-order valence-electron chi connectivity index (χ2n) is 4.17. The third-order valence-electron chi connectivity index (χ3n) is 2.70. The van der Waals surface area contributed by atoms with Gasteiger partial charge in [0.05, 0.1) is 12.7 Å². The van der Waals surface area contributed by atoms with Crippen molar-refractivity contribution in [1.29, 1.82) is 0 Å². The van der Waals surface area contributed by atoms with E-state index in [1.165, 1.54) is 0 Å². The summed E-state index contributed by atoms with van der Waals surface area (Å²) in [5.74, 6) is 0. The normalized spacial score (nSPS) is 31.5. The molecule has 1 saturated heterocycles. The SMILES string of the molecule is CC1COC(c2cccc(Cl)c2)C(C)N1. The summed E-state index contributed by atoms with van der Waals surface area (Å²) < 4.78 is 5.82. The van der Waals surface area contributed by atoms with Crippen LogP contribution in [0, 0.1) is 0 Å². The zero-order valence-corrected chi connectivity index (χ0v) is 9.79. The van der Waals surface area contributed by atoms with Gasteiger partial charge in [-0.2, -0.15) is 0 Å². The van der Waals surface area contributed by atoms with Crippen LogP contribution in [0.3, 0.4) is 0 Å². The highest BCUT2D eigenvalue weighted by molar-refractivity contribution is 6.30. The number of benzene rings is 1. The Balaban J connectivity index is 2.17. The summed E-state index contributed by atoms with van der Waals surface area (Å²) in [4.78, 5) is 0. The lowest BCUT2D eigenvalue weighted by Crippen LogP contribution is -2.47. The van der Waals surface area contributed by atoms with E-state index in [4.69, 9.17) is 16.3 Å². The van der Waals surface area contributed by atoms with E-state index in [0.29, 0.717) is 12.1 Å². The first-order chi connectivity index (χ1) is 7.16. The van der Waals surface area contributed by atoms with Crippen LogP contribution < -0.4 is 5.32 Å². The molecule has 0 bridgehead atoms. The minimum Gasteiger partial charge on any atom is -0.370 e. The molecule has 0 saturated carbocycles. The number of ether oxygens (including phenoxy) is 1. The molecule has 2 nitrogen and oxygen atoms in total. The molecule has 1 fully saturated rings. The Bertz CT molecular complexity index is 342. The molecule has 0 radical (unpaired) electrons. The van der Waals surface area contributed by atoms with Gasteiger partial charge >= 0.3 is 0 Å². The van der Waals surface area contributed by atoms with Gasteiger partial charge in [-0.3, -0.25) is 0 Å². The second-order valence-corrected chi connectivity index (χ2v) is 4.60. The molecule has 1 aromatic rings. The smallest absolute Gasteiger partial charge is 0.0976 e. The van der Waals surface area contributed by atoms with Crippen molar-refractivity contribution in [3.05, 3.63) is 34.9 Å². The van der Waals surface area contributed by atoms with E-state index in [-0.39, 0.29) is 6.10 Å². The third kappa shape index (κ3) is 2.51. The fourth-order valence-electron chi connectivity index (χ4n) is 2.05. The number of halogens is 1. The van der Waals surface area contributed by atoms with Crippen LogP contribution in [-0.4, -0.2) is 18.7 Å². The van der Waals surface area contributed by atoms with Crippen LogP contribution in [0.5, 0.6) is 0 Å². The van der Waals surface area contributed by atoms with E-state index in [0.717, 1.165) is 17.2 Å². The van der Waals surface area contributed by atoms with Gasteiger partial charge in [-0.25, -0.2) is 0 Å². The highest BCUT2D eigenvalue weighted by Crippen LogP contribution is 2.26. The fourth-order valence-corrected chi connectivity index (χ4v) is 2.24. The molecule has 0 amide bonds. The third-order valence-corrected chi connectivity index (χ3v) is 2.94. The van der Waals surface area contributed by atoms with Crippen LogP contribution in [0.2, 0.25) is 5.02 Å². The first kappa shape index (κ1) is 10.9. The van der Waals surface area contributed by atoms with Crippen molar-refractivity contribution in [2.75, 3.05) is 6.61 Å². The average molecular weight is 226 g/mol. The lowest BCUT2D eigenvalue weighted by Gasteiger charge is -2.34. The summed E-state index contributed by atoms with van der Waals surface area (Å²) in [6.45, 7) is 5.02. The number of hydrogen-bond donors (Lipinski definition) is 1. The second kappa shape index (κ2) is 4.52. The summed E-state index contributed by atoms with van der Waals surface area (Å²) in [5.41, 5.74) is 1.15. The van der Waals surface area contributed by atoms with Crippen LogP contribution in [0.15, 0.2) is 24.3 Å². The highest BCUT2D eigenvalue weighted by Gasteiger charge is 2.26. The van der Waals surface area contributed by atoms with Crippen molar-refractivity contribution in [2.45, 2.75) is 32.0 Å². The van der Waals surface area contributed by atoms with Gasteiger partial charge in [0.15, 0.2) is 0 Å². The van der Waals surface area contributed by atoms with E-state index in [9.17, 15) is 0 Å². The predicted molar refractivity (Wildman–Crippen MR) is 62.2 cm³/mol. The molecule has 0 aliphatic carbocycles. The largest absolute Gasteiger partial charge is 0.370 e. The molecule has 1 aliphatic rings. The van der Waals surface area contributed by atoms with Gasteiger partial charge in [0.25, 0.3) is 0 Å². The molecule has 82 valence electrons. The Morgan fingerprint density at radius 3 is 2.87 bits per heavy atom. The van der Waals surface area contributed by atoms with Crippen molar-refractivity contribution in [3.8, 4) is 0 Å². The van der Waals surface area contributed by atoms with Crippen LogP contribution in [0.25, 0.3) is 0 Å². The van der Waals surface area contributed by atoms with Crippen molar-refractivity contribution in [2.24, 2.45) is 0 Å². The summed E-state index contributed by atoms with van der Waals surface area (Å²) >= 11 is 5.96. The van der Waals surface area contributed by atoms with E-state index < -0.39 is 0 Å². The van der Waals surface area contributed by atoms with Crippen LogP contribution in [0.4, 0.5) is 0 Å². The molecule has 3 heteroatoms. The molecule has 15 heavy (non-hydrogen) atoms. The molecule has 1 heterocycles. The molecule has 1 aliphatic heterocycles. The van der Waals surface area contributed by atoms with Crippen molar-refractivity contribution < 1.29 is 4.74 Å². The summed E-state index contributed by atoms with van der Waals surface area (Å²) in [7, 11) is 0. The maximum atomic E-state index is 5.96. The molecular formula is C12H16ClNO. The maximum Gasteiger partial charge on any atom is 0.0976 e. The minimum atomic E-state index is 0.111. The predicted octanol–water partition coefficient (Wildman–Crippen LogP) is 2.78. The highest BCUT2D eigenvalue weighted by atomic mass is 35.5. The van der Waals surface area contributed by atoms with Gasteiger partial charge in [0.2, 0.25) is 0 Å². The molecule has 3 unspecified atom stereocenters. The van der Waals surface area contributed by atoms with Crippen molar-refractivity contribution in [1.82, 2.24) is 5.32 Å². The number of nitrogens with one attached hydrogen (secondary N) is 1.